The lowest BCUT2D eigenvalue weighted by Gasteiger charge is -2.28. The fraction of sp³-hybridized carbons (Fsp3) is 0.571. The molecule has 0 aromatic carbocycles. The quantitative estimate of drug-likeness (QED) is 0.885. The van der Waals surface area contributed by atoms with Crippen molar-refractivity contribution in [3.63, 3.8) is 0 Å². The molecule has 1 aromatic heterocycles. The van der Waals surface area contributed by atoms with Crippen LogP contribution in [0.4, 0.5) is 9.18 Å². The van der Waals surface area contributed by atoms with Gasteiger partial charge in [0.15, 0.2) is 0 Å². The van der Waals surface area contributed by atoms with Crippen molar-refractivity contribution in [1.82, 2.24) is 10.3 Å². The van der Waals surface area contributed by atoms with Crippen molar-refractivity contribution < 1.29 is 13.9 Å². The van der Waals surface area contributed by atoms with Crippen LogP contribution in [0.5, 0.6) is 0 Å². The van der Waals surface area contributed by atoms with Gasteiger partial charge in [0.1, 0.15) is 11.4 Å². The van der Waals surface area contributed by atoms with Crippen molar-refractivity contribution in [2.75, 3.05) is 13.1 Å². The first-order valence-electron chi connectivity index (χ1n) is 6.45. The molecule has 0 aliphatic carbocycles. The number of carbonyl (C=O) groups excluding carboxylic acids is 1. The molecule has 1 rings (SSSR count). The number of pyridine rings is 1. The molecular formula is C14H22FN3O2. The van der Waals surface area contributed by atoms with Crippen LogP contribution in [0, 0.1) is 5.82 Å². The Balaban J connectivity index is 2.74. The second kappa shape index (κ2) is 6.17. The Labute approximate surface area is 118 Å². The largest absolute Gasteiger partial charge is 0.444 e. The average molecular weight is 283 g/mol. The molecule has 0 bridgehead atoms. The van der Waals surface area contributed by atoms with Crippen LogP contribution >= 0.6 is 0 Å². The van der Waals surface area contributed by atoms with Crippen molar-refractivity contribution in [3.8, 4) is 0 Å². The molecule has 0 aliphatic heterocycles. The zero-order valence-electron chi connectivity index (χ0n) is 12.4. The Morgan fingerprint density at radius 2 is 2.10 bits per heavy atom. The first-order chi connectivity index (χ1) is 9.16. The molecule has 1 atom stereocenters. The van der Waals surface area contributed by atoms with Gasteiger partial charge in [-0.25, -0.2) is 9.18 Å². The van der Waals surface area contributed by atoms with E-state index in [1.807, 2.05) is 6.92 Å². The number of rotatable bonds is 4. The number of hydrogen-bond donors (Lipinski definition) is 2. The highest BCUT2D eigenvalue weighted by molar-refractivity contribution is 5.67. The topological polar surface area (TPSA) is 77.2 Å². The van der Waals surface area contributed by atoms with Gasteiger partial charge in [-0.3, -0.25) is 4.98 Å². The number of carbonyl (C=O) groups is 1. The van der Waals surface area contributed by atoms with Gasteiger partial charge < -0.3 is 15.8 Å². The Kier molecular flexibility index (Phi) is 5.05. The van der Waals surface area contributed by atoms with Crippen LogP contribution in [0.3, 0.4) is 0 Å². The summed E-state index contributed by atoms with van der Waals surface area (Å²) in [6, 6.07) is 2.59. The van der Waals surface area contributed by atoms with Gasteiger partial charge in [-0.1, -0.05) is 6.92 Å². The van der Waals surface area contributed by atoms with Crippen molar-refractivity contribution in [1.29, 1.82) is 0 Å². The maximum absolute atomic E-state index is 13.3. The lowest BCUT2D eigenvalue weighted by molar-refractivity contribution is 0.0516. The molecule has 0 aliphatic rings. The van der Waals surface area contributed by atoms with Gasteiger partial charge >= 0.3 is 6.09 Å². The van der Waals surface area contributed by atoms with E-state index in [9.17, 15) is 9.18 Å². The van der Waals surface area contributed by atoms with E-state index in [1.54, 1.807) is 20.8 Å². The lowest BCUT2D eigenvalue weighted by atomic mass is 9.86. The van der Waals surface area contributed by atoms with Gasteiger partial charge in [0.05, 0.1) is 5.69 Å². The predicted molar refractivity (Wildman–Crippen MR) is 74.8 cm³/mol. The summed E-state index contributed by atoms with van der Waals surface area (Å²) < 4.78 is 18.4. The molecule has 1 aromatic rings. The van der Waals surface area contributed by atoms with E-state index in [4.69, 9.17) is 10.5 Å². The molecule has 6 heteroatoms. The highest BCUT2D eigenvalue weighted by Gasteiger charge is 2.28. The van der Waals surface area contributed by atoms with Crippen molar-refractivity contribution in [2.45, 2.75) is 38.7 Å². The summed E-state index contributed by atoms with van der Waals surface area (Å²) in [5.74, 6) is -0.382. The molecule has 20 heavy (non-hydrogen) atoms. The van der Waals surface area contributed by atoms with Crippen LogP contribution in [0.1, 0.15) is 33.4 Å². The molecular weight excluding hydrogens is 261 g/mol. The fourth-order valence-corrected chi connectivity index (χ4v) is 1.58. The molecule has 1 amide bonds. The number of hydrogen-bond acceptors (Lipinski definition) is 4. The second-order valence-electron chi connectivity index (χ2n) is 5.98. The summed E-state index contributed by atoms with van der Waals surface area (Å²) in [6.07, 6.45) is 0.847. The normalized spacial score (nSPS) is 14.5. The standard InChI is InChI=1S/C14H22FN3O2/c1-13(2,3)20-12(19)18-9-14(4,8-16)11-7-10(15)5-6-17-11/h5-7H,8-9,16H2,1-4H3,(H,18,19). The SMILES string of the molecule is CC(C)(C)OC(=O)NCC(C)(CN)c1cc(F)ccn1. The second-order valence-corrected chi connectivity index (χ2v) is 5.98. The smallest absolute Gasteiger partial charge is 0.407 e. The van der Waals surface area contributed by atoms with Gasteiger partial charge in [-0.05, 0) is 32.9 Å². The summed E-state index contributed by atoms with van der Waals surface area (Å²) in [4.78, 5) is 15.8. The van der Waals surface area contributed by atoms with Gasteiger partial charge in [0.2, 0.25) is 0 Å². The molecule has 0 spiro atoms. The van der Waals surface area contributed by atoms with Crippen LogP contribution in [0.2, 0.25) is 0 Å². The number of nitrogens with zero attached hydrogens (tertiary/aromatic N) is 1. The van der Waals surface area contributed by atoms with Gasteiger partial charge in [0, 0.05) is 24.7 Å². The summed E-state index contributed by atoms with van der Waals surface area (Å²) in [5, 5.41) is 2.65. The Morgan fingerprint density at radius 1 is 1.45 bits per heavy atom. The Bertz CT molecular complexity index is 474. The third-order valence-electron chi connectivity index (χ3n) is 2.81. The fourth-order valence-electron chi connectivity index (χ4n) is 1.58. The highest BCUT2D eigenvalue weighted by atomic mass is 19.1. The summed E-state index contributed by atoms with van der Waals surface area (Å²) >= 11 is 0. The first kappa shape index (κ1) is 16.4. The molecule has 3 N–H and O–H groups in total. The van der Waals surface area contributed by atoms with E-state index in [-0.39, 0.29) is 18.9 Å². The van der Waals surface area contributed by atoms with E-state index in [0.29, 0.717) is 5.69 Å². The highest BCUT2D eigenvalue weighted by Crippen LogP contribution is 2.20. The van der Waals surface area contributed by atoms with Crippen LogP contribution < -0.4 is 11.1 Å². The van der Waals surface area contributed by atoms with E-state index >= 15 is 0 Å². The number of nitrogens with one attached hydrogen (secondary N) is 1. The zero-order valence-corrected chi connectivity index (χ0v) is 12.4. The Morgan fingerprint density at radius 3 is 2.60 bits per heavy atom. The predicted octanol–water partition coefficient (Wildman–Crippen LogP) is 1.96. The van der Waals surface area contributed by atoms with Crippen LogP contribution in [-0.2, 0) is 10.2 Å². The van der Waals surface area contributed by atoms with Crippen LogP contribution in [0.15, 0.2) is 18.3 Å². The summed E-state index contributed by atoms with van der Waals surface area (Å²) in [7, 11) is 0. The third kappa shape index (κ3) is 4.77. The number of amides is 1. The number of aromatic nitrogens is 1. The van der Waals surface area contributed by atoms with Crippen molar-refractivity contribution >= 4 is 6.09 Å². The average Bonchev–Trinajstić information content (AvgIpc) is 2.34. The third-order valence-corrected chi connectivity index (χ3v) is 2.81. The minimum absolute atomic E-state index is 0.217. The lowest BCUT2D eigenvalue weighted by Crippen LogP contribution is -2.45. The minimum atomic E-state index is -0.654. The van der Waals surface area contributed by atoms with Crippen molar-refractivity contribution in [3.05, 3.63) is 29.8 Å². The maximum atomic E-state index is 13.3. The van der Waals surface area contributed by atoms with Crippen LogP contribution in [-0.4, -0.2) is 29.8 Å². The first-order valence-corrected chi connectivity index (χ1v) is 6.45. The molecule has 5 nitrogen and oxygen atoms in total. The molecule has 1 heterocycles. The van der Waals surface area contributed by atoms with Gasteiger partial charge in [0.25, 0.3) is 0 Å². The van der Waals surface area contributed by atoms with E-state index in [0.717, 1.165) is 0 Å². The number of nitrogens with two attached hydrogens (primary N) is 1. The summed E-state index contributed by atoms with van der Waals surface area (Å²) in [6.45, 7) is 7.59. The van der Waals surface area contributed by atoms with E-state index in [1.165, 1.54) is 18.3 Å². The molecule has 0 saturated carbocycles. The van der Waals surface area contributed by atoms with Gasteiger partial charge in [-0.15, -0.1) is 0 Å². The van der Waals surface area contributed by atoms with Crippen molar-refractivity contribution in [2.24, 2.45) is 5.73 Å². The van der Waals surface area contributed by atoms with Gasteiger partial charge in [-0.2, -0.15) is 0 Å². The summed E-state index contributed by atoms with van der Waals surface area (Å²) in [5.41, 5.74) is 5.02. The van der Waals surface area contributed by atoms with E-state index < -0.39 is 17.1 Å². The molecule has 0 saturated heterocycles. The minimum Gasteiger partial charge on any atom is -0.444 e. The molecule has 112 valence electrons. The van der Waals surface area contributed by atoms with E-state index in [2.05, 4.69) is 10.3 Å². The van der Waals surface area contributed by atoms with Crippen LogP contribution in [0.25, 0.3) is 0 Å². The zero-order chi connectivity index (χ0) is 15.4. The number of alkyl carbamates (subject to hydrolysis) is 1. The number of ether oxygens (including phenoxy) is 1. The monoisotopic (exact) mass is 283 g/mol. The maximum Gasteiger partial charge on any atom is 0.407 e. The molecule has 1 unspecified atom stereocenters. The molecule has 0 radical (unpaired) electrons. The molecule has 0 fully saturated rings. The number of halogens is 1. The Hall–Kier alpha value is -1.69.